The van der Waals surface area contributed by atoms with E-state index in [-0.39, 0.29) is 11.7 Å². The van der Waals surface area contributed by atoms with Crippen LogP contribution < -0.4 is 10.2 Å². The van der Waals surface area contributed by atoms with Crippen molar-refractivity contribution in [3.8, 4) is 5.75 Å². The van der Waals surface area contributed by atoms with Crippen molar-refractivity contribution in [3.05, 3.63) is 65.5 Å². The first-order valence-corrected chi connectivity index (χ1v) is 8.78. The molecule has 27 heavy (non-hydrogen) atoms. The second-order valence-electron chi connectivity index (χ2n) is 6.17. The van der Waals surface area contributed by atoms with E-state index in [1.165, 1.54) is 12.1 Å². The highest BCUT2D eigenvalue weighted by Gasteiger charge is 2.13. The smallest absolute Gasteiger partial charge is 0.254 e. The molecule has 0 aliphatic carbocycles. The summed E-state index contributed by atoms with van der Waals surface area (Å²) in [7, 11) is 0. The van der Waals surface area contributed by atoms with Crippen molar-refractivity contribution in [1.82, 2.24) is 10.3 Å². The van der Waals surface area contributed by atoms with E-state index < -0.39 is 0 Å². The minimum atomic E-state index is -0.279. The Kier molecular flexibility index (Phi) is 6.90. The second-order valence-corrected chi connectivity index (χ2v) is 6.17. The van der Waals surface area contributed by atoms with Crippen LogP contribution in [0.4, 0.5) is 4.39 Å². The molecule has 1 heterocycles. The molecular formula is C20H22FN3O3. The van der Waals surface area contributed by atoms with Gasteiger partial charge < -0.3 is 9.47 Å². The van der Waals surface area contributed by atoms with Gasteiger partial charge in [0.05, 0.1) is 26.0 Å². The summed E-state index contributed by atoms with van der Waals surface area (Å²) in [5.74, 6) is 0.245. The van der Waals surface area contributed by atoms with Crippen LogP contribution in [-0.2, 0) is 16.1 Å². The number of nitrogens with zero attached hydrogens (tertiary/aromatic N) is 2. The lowest BCUT2D eigenvalue weighted by atomic mass is 10.2. The molecule has 3 rings (SSSR count). The molecule has 1 aliphatic rings. The zero-order chi connectivity index (χ0) is 18.9. The Bertz CT molecular complexity index is 774. The topological polar surface area (TPSA) is 63.2 Å². The molecular weight excluding hydrogens is 349 g/mol. The number of hydrazone groups is 1. The molecule has 1 saturated heterocycles. The van der Waals surface area contributed by atoms with Gasteiger partial charge in [-0.3, -0.25) is 9.69 Å². The molecule has 6 nitrogen and oxygen atoms in total. The Morgan fingerprint density at radius 3 is 2.74 bits per heavy atom. The van der Waals surface area contributed by atoms with Crippen LogP contribution in [-0.4, -0.2) is 49.9 Å². The monoisotopic (exact) mass is 371 g/mol. The van der Waals surface area contributed by atoms with Gasteiger partial charge in [0.2, 0.25) is 0 Å². The lowest BCUT2D eigenvalue weighted by molar-refractivity contribution is -0.123. The number of morpholine rings is 1. The van der Waals surface area contributed by atoms with Crippen molar-refractivity contribution >= 4 is 12.1 Å². The zero-order valence-electron chi connectivity index (χ0n) is 14.9. The molecule has 1 amide bonds. The molecule has 2 aromatic rings. The number of hydrogen-bond acceptors (Lipinski definition) is 5. The summed E-state index contributed by atoms with van der Waals surface area (Å²) in [6, 6.07) is 13.6. The van der Waals surface area contributed by atoms with Crippen LogP contribution in [0.25, 0.3) is 0 Å². The zero-order valence-corrected chi connectivity index (χ0v) is 14.9. The van der Waals surface area contributed by atoms with Gasteiger partial charge in [-0.15, -0.1) is 0 Å². The first-order valence-electron chi connectivity index (χ1n) is 8.78. The molecule has 0 atom stereocenters. The van der Waals surface area contributed by atoms with Crippen molar-refractivity contribution in [2.45, 2.75) is 6.61 Å². The van der Waals surface area contributed by atoms with Crippen LogP contribution in [0, 0.1) is 5.82 Å². The van der Waals surface area contributed by atoms with Gasteiger partial charge in [-0.25, -0.2) is 9.82 Å². The molecule has 0 unspecified atom stereocenters. The maximum Gasteiger partial charge on any atom is 0.254 e. The van der Waals surface area contributed by atoms with E-state index in [1.807, 2.05) is 23.1 Å². The van der Waals surface area contributed by atoms with E-state index in [1.54, 1.807) is 24.4 Å². The van der Waals surface area contributed by atoms with Gasteiger partial charge >= 0.3 is 0 Å². The van der Waals surface area contributed by atoms with Gasteiger partial charge in [0.1, 0.15) is 18.2 Å². The van der Waals surface area contributed by atoms with Crippen molar-refractivity contribution in [2.75, 3.05) is 32.8 Å². The molecule has 7 heteroatoms. The van der Waals surface area contributed by atoms with Gasteiger partial charge in [-0.2, -0.15) is 5.10 Å². The normalized spacial score (nSPS) is 15.0. The molecule has 0 spiro atoms. The molecule has 0 bridgehead atoms. The summed E-state index contributed by atoms with van der Waals surface area (Å²) in [6.07, 6.45) is 1.58. The van der Waals surface area contributed by atoms with Crippen LogP contribution in [0.2, 0.25) is 0 Å². The Morgan fingerprint density at radius 2 is 2.00 bits per heavy atom. The predicted molar refractivity (Wildman–Crippen MR) is 100 cm³/mol. The number of nitrogens with one attached hydrogen (secondary N) is 1. The maximum absolute atomic E-state index is 13.1. The number of hydrogen-bond donors (Lipinski definition) is 1. The van der Waals surface area contributed by atoms with Gasteiger partial charge in [0.25, 0.3) is 5.91 Å². The third-order valence-corrected chi connectivity index (χ3v) is 4.05. The Morgan fingerprint density at radius 1 is 1.22 bits per heavy atom. The highest BCUT2D eigenvalue weighted by atomic mass is 19.1. The molecule has 1 fully saturated rings. The summed E-state index contributed by atoms with van der Waals surface area (Å²) in [6.45, 7) is 3.44. The minimum Gasteiger partial charge on any atom is -0.489 e. The molecule has 142 valence electrons. The van der Waals surface area contributed by atoms with E-state index in [4.69, 9.17) is 9.47 Å². The number of carbonyl (C=O) groups excluding carboxylic acids is 1. The van der Waals surface area contributed by atoms with Crippen LogP contribution in [0.1, 0.15) is 11.1 Å². The average molecular weight is 371 g/mol. The fourth-order valence-corrected chi connectivity index (χ4v) is 2.62. The third-order valence-electron chi connectivity index (χ3n) is 4.05. The summed E-state index contributed by atoms with van der Waals surface area (Å²) in [4.78, 5) is 13.9. The molecule has 2 aromatic carbocycles. The van der Waals surface area contributed by atoms with E-state index in [0.717, 1.165) is 24.2 Å². The summed E-state index contributed by atoms with van der Waals surface area (Å²) < 4.78 is 24.0. The fourth-order valence-electron chi connectivity index (χ4n) is 2.62. The number of rotatable bonds is 7. The first-order chi connectivity index (χ1) is 13.2. The second kappa shape index (κ2) is 9.80. The van der Waals surface area contributed by atoms with E-state index in [2.05, 4.69) is 10.5 Å². The quantitative estimate of drug-likeness (QED) is 0.599. The number of ether oxygens (including phenoxy) is 2. The lowest BCUT2D eigenvalue weighted by Gasteiger charge is -2.25. The standard InChI is InChI=1S/C20H22FN3O3/c21-18-3-1-2-17(12-18)15-27-19-6-4-16(5-7-19)13-22-23-20(25)14-24-8-10-26-11-9-24/h1-7,12-13H,8-11,14-15H2,(H,23,25)/b22-13-. The molecule has 1 N–H and O–H groups in total. The highest BCUT2D eigenvalue weighted by molar-refractivity contribution is 5.83. The van der Waals surface area contributed by atoms with Crippen molar-refractivity contribution in [1.29, 1.82) is 0 Å². The predicted octanol–water partition coefficient (Wildman–Crippen LogP) is 2.19. The number of halogens is 1. The van der Waals surface area contributed by atoms with Gasteiger partial charge in [0, 0.05) is 13.1 Å². The maximum atomic E-state index is 13.1. The fraction of sp³-hybridized carbons (Fsp3) is 0.300. The van der Waals surface area contributed by atoms with E-state index in [9.17, 15) is 9.18 Å². The van der Waals surface area contributed by atoms with Crippen LogP contribution in [0.5, 0.6) is 5.75 Å². The summed E-state index contributed by atoms with van der Waals surface area (Å²) in [5.41, 5.74) is 4.13. The summed E-state index contributed by atoms with van der Waals surface area (Å²) in [5, 5.41) is 3.98. The van der Waals surface area contributed by atoms with Gasteiger partial charge in [0.15, 0.2) is 0 Å². The SMILES string of the molecule is O=C(CN1CCOCC1)N/N=C\c1ccc(OCc2cccc(F)c2)cc1. The number of benzene rings is 2. The Labute approximate surface area is 157 Å². The Hall–Kier alpha value is -2.77. The summed E-state index contributed by atoms with van der Waals surface area (Å²) >= 11 is 0. The van der Waals surface area contributed by atoms with Gasteiger partial charge in [-0.1, -0.05) is 12.1 Å². The third kappa shape index (κ3) is 6.47. The Balaban J connectivity index is 1.42. The molecule has 0 saturated carbocycles. The largest absolute Gasteiger partial charge is 0.489 e. The van der Waals surface area contributed by atoms with E-state index >= 15 is 0 Å². The van der Waals surface area contributed by atoms with E-state index in [0.29, 0.717) is 32.1 Å². The van der Waals surface area contributed by atoms with Crippen molar-refractivity contribution in [2.24, 2.45) is 5.10 Å². The molecule has 0 radical (unpaired) electrons. The number of amides is 1. The molecule has 1 aliphatic heterocycles. The van der Waals surface area contributed by atoms with Crippen LogP contribution in [0.15, 0.2) is 53.6 Å². The minimum absolute atomic E-state index is 0.150. The number of carbonyl (C=O) groups is 1. The lowest BCUT2D eigenvalue weighted by Crippen LogP contribution is -2.42. The average Bonchev–Trinajstić information content (AvgIpc) is 2.68. The first kappa shape index (κ1) is 19.0. The molecule has 0 aromatic heterocycles. The highest BCUT2D eigenvalue weighted by Crippen LogP contribution is 2.14. The van der Waals surface area contributed by atoms with Crippen LogP contribution >= 0.6 is 0 Å². The van der Waals surface area contributed by atoms with Gasteiger partial charge in [-0.05, 0) is 47.5 Å². The van der Waals surface area contributed by atoms with Crippen LogP contribution in [0.3, 0.4) is 0 Å². The van der Waals surface area contributed by atoms with Crippen molar-refractivity contribution < 1.29 is 18.7 Å². The van der Waals surface area contributed by atoms with Crippen molar-refractivity contribution in [3.63, 3.8) is 0 Å².